The van der Waals surface area contributed by atoms with E-state index in [0.29, 0.717) is 0 Å². The molecule has 1 aromatic rings. The molecule has 0 nitrogen and oxygen atoms in total. The number of hydrogen-bond acceptors (Lipinski definition) is 0. The second-order valence-corrected chi connectivity index (χ2v) is 2.28. The maximum Gasteiger partial charge on any atom is -0.0305 e. The summed E-state index contributed by atoms with van der Waals surface area (Å²) in [5.41, 5.74) is 2.86. The molecule has 0 N–H and O–H groups in total. The monoisotopic (exact) mass is 154 g/mol. The maximum absolute atomic E-state index is 2.18. The van der Waals surface area contributed by atoms with E-state index in [2.05, 4.69) is 38.1 Å². The first-order valence-electron chi connectivity index (χ1n) is 3.39. The lowest BCUT2D eigenvalue weighted by molar-refractivity contribution is 1.11. The van der Waals surface area contributed by atoms with Crippen LogP contribution in [0, 0.1) is 6.92 Å². The number of rotatable bonds is 1. The summed E-state index contributed by atoms with van der Waals surface area (Å²) >= 11 is 0. The summed E-state index contributed by atoms with van der Waals surface area (Å²) < 4.78 is 0. The van der Waals surface area contributed by atoms with E-state index in [1.807, 2.05) is 0 Å². The zero-order valence-electron chi connectivity index (χ0n) is 6.52. The molecule has 0 radical (unpaired) electrons. The van der Waals surface area contributed by atoms with Crippen molar-refractivity contribution >= 4 is 13.5 Å². The molecule has 0 fully saturated rings. The van der Waals surface area contributed by atoms with Crippen LogP contribution in [0.15, 0.2) is 24.3 Å². The molecule has 0 saturated carbocycles. The van der Waals surface area contributed by atoms with E-state index in [4.69, 9.17) is 0 Å². The average Bonchev–Trinajstić information content (AvgIpc) is 1.89. The van der Waals surface area contributed by atoms with Gasteiger partial charge in [0.2, 0.25) is 0 Å². The molecule has 0 bridgehead atoms. The molecule has 0 unspecified atom stereocenters. The van der Waals surface area contributed by atoms with Crippen LogP contribution >= 0.6 is 13.5 Å². The molecular weight excluding hydrogens is 140 g/mol. The molecule has 0 atom stereocenters. The van der Waals surface area contributed by atoms with Crippen molar-refractivity contribution in [1.29, 1.82) is 0 Å². The summed E-state index contributed by atoms with van der Waals surface area (Å²) in [6.07, 6.45) is 1.15. The number of hydrogen-bond donors (Lipinski definition) is 0. The average molecular weight is 154 g/mol. The third-order valence-electron chi connectivity index (χ3n) is 1.64. The van der Waals surface area contributed by atoms with Gasteiger partial charge in [0.15, 0.2) is 0 Å². The van der Waals surface area contributed by atoms with Gasteiger partial charge < -0.3 is 0 Å². The fraction of sp³-hybridized carbons (Fsp3) is 0.333. The fourth-order valence-electron chi connectivity index (χ4n) is 1.01. The fourth-order valence-corrected chi connectivity index (χ4v) is 1.01. The first-order chi connectivity index (χ1) is 4.34. The Morgan fingerprint density at radius 2 is 1.80 bits per heavy atom. The Balaban J connectivity index is 0.000000810. The van der Waals surface area contributed by atoms with Gasteiger partial charge in [-0.1, -0.05) is 31.2 Å². The Bertz CT molecular complexity index is 194. The second kappa shape index (κ2) is 4.40. The van der Waals surface area contributed by atoms with E-state index < -0.39 is 0 Å². The standard InChI is InChI=1S/C9H12.H2S/c1-3-9-7-5-4-6-8(9)2;/h4-7H,3H2,1-2H3;1H2. The molecule has 0 aliphatic rings. The molecular formula is C9H14S. The van der Waals surface area contributed by atoms with Crippen molar-refractivity contribution in [3.8, 4) is 0 Å². The van der Waals surface area contributed by atoms with Crippen LogP contribution in [0.4, 0.5) is 0 Å². The van der Waals surface area contributed by atoms with Gasteiger partial charge in [-0.3, -0.25) is 0 Å². The van der Waals surface area contributed by atoms with E-state index in [1.54, 1.807) is 0 Å². The zero-order chi connectivity index (χ0) is 6.69. The lowest BCUT2D eigenvalue weighted by atomic mass is 10.1. The molecule has 0 aliphatic carbocycles. The minimum atomic E-state index is 0. The van der Waals surface area contributed by atoms with Crippen molar-refractivity contribution in [1.82, 2.24) is 0 Å². The Morgan fingerprint density at radius 3 is 2.20 bits per heavy atom. The van der Waals surface area contributed by atoms with Crippen molar-refractivity contribution in [3.63, 3.8) is 0 Å². The number of benzene rings is 1. The topological polar surface area (TPSA) is 0 Å². The molecule has 0 amide bonds. The smallest absolute Gasteiger partial charge is 0.0305 e. The predicted molar refractivity (Wildman–Crippen MR) is 50.9 cm³/mol. The summed E-state index contributed by atoms with van der Waals surface area (Å²) in [5, 5.41) is 0. The van der Waals surface area contributed by atoms with Crippen LogP contribution in [0.5, 0.6) is 0 Å². The summed E-state index contributed by atoms with van der Waals surface area (Å²) in [4.78, 5) is 0. The molecule has 56 valence electrons. The van der Waals surface area contributed by atoms with E-state index in [1.165, 1.54) is 11.1 Å². The summed E-state index contributed by atoms with van der Waals surface area (Å²) in [5.74, 6) is 0. The molecule has 0 heterocycles. The van der Waals surface area contributed by atoms with E-state index in [-0.39, 0.29) is 13.5 Å². The first-order valence-corrected chi connectivity index (χ1v) is 3.39. The van der Waals surface area contributed by atoms with Gasteiger partial charge in [0.25, 0.3) is 0 Å². The lowest BCUT2D eigenvalue weighted by Gasteiger charge is -1.98. The van der Waals surface area contributed by atoms with Crippen molar-refractivity contribution < 1.29 is 0 Å². The van der Waals surface area contributed by atoms with Crippen LogP contribution in [0.1, 0.15) is 18.1 Å². The van der Waals surface area contributed by atoms with Crippen LogP contribution in [0.25, 0.3) is 0 Å². The lowest BCUT2D eigenvalue weighted by Crippen LogP contribution is -1.82. The van der Waals surface area contributed by atoms with Crippen molar-refractivity contribution in [2.45, 2.75) is 20.3 Å². The quantitative estimate of drug-likeness (QED) is 0.583. The van der Waals surface area contributed by atoms with Crippen LogP contribution in [-0.2, 0) is 6.42 Å². The number of aryl methyl sites for hydroxylation is 2. The van der Waals surface area contributed by atoms with Gasteiger partial charge in [-0.15, -0.1) is 0 Å². The normalized spacial score (nSPS) is 8.60. The highest BCUT2D eigenvalue weighted by molar-refractivity contribution is 7.59. The molecule has 0 aromatic heterocycles. The minimum absolute atomic E-state index is 0. The third kappa shape index (κ3) is 2.07. The second-order valence-electron chi connectivity index (χ2n) is 2.28. The highest BCUT2D eigenvalue weighted by Gasteiger charge is 1.89. The predicted octanol–water partition coefficient (Wildman–Crippen LogP) is 2.67. The molecule has 0 spiro atoms. The van der Waals surface area contributed by atoms with Crippen LogP contribution in [0.2, 0.25) is 0 Å². The Hall–Kier alpha value is -0.430. The SMILES string of the molecule is CCc1ccccc1C.S. The van der Waals surface area contributed by atoms with Gasteiger partial charge in [0.05, 0.1) is 0 Å². The van der Waals surface area contributed by atoms with Gasteiger partial charge in [-0.2, -0.15) is 13.5 Å². The summed E-state index contributed by atoms with van der Waals surface area (Å²) in [6, 6.07) is 8.49. The Morgan fingerprint density at radius 1 is 1.20 bits per heavy atom. The summed E-state index contributed by atoms with van der Waals surface area (Å²) in [6.45, 7) is 4.33. The molecule has 0 aliphatic heterocycles. The van der Waals surface area contributed by atoms with Gasteiger partial charge in [0, 0.05) is 0 Å². The molecule has 1 rings (SSSR count). The Kier molecular flexibility index (Phi) is 4.21. The molecule has 10 heavy (non-hydrogen) atoms. The van der Waals surface area contributed by atoms with Crippen LogP contribution < -0.4 is 0 Å². The van der Waals surface area contributed by atoms with Crippen LogP contribution in [0.3, 0.4) is 0 Å². The Labute approximate surface area is 69.7 Å². The van der Waals surface area contributed by atoms with Gasteiger partial charge >= 0.3 is 0 Å². The summed E-state index contributed by atoms with van der Waals surface area (Å²) in [7, 11) is 0. The zero-order valence-corrected chi connectivity index (χ0v) is 7.52. The highest BCUT2D eigenvalue weighted by Crippen LogP contribution is 2.06. The largest absolute Gasteiger partial charge is 0.197 e. The van der Waals surface area contributed by atoms with Crippen molar-refractivity contribution in [3.05, 3.63) is 35.4 Å². The first kappa shape index (κ1) is 9.57. The highest BCUT2D eigenvalue weighted by atomic mass is 32.1. The molecule has 1 heteroatoms. The van der Waals surface area contributed by atoms with Gasteiger partial charge in [0.1, 0.15) is 0 Å². The minimum Gasteiger partial charge on any atom is -0.197 e. The van der Waals surface area contributed by atoms with Crippen molar-refractivity contribution in [2.75, 3.05) is 0 Å². The molecule has 0 saturated heterocycles. The van der Waals surface area contributed by atoms with Crippen LogP contribution in [-0.4, -0.2) is 0 Å². The maximum atomic E-state index is 2.18. The van der Waals surface area contributed by atoms with Gasteiger partial charge in [-0.25, -0.2) is 0 Å². The third-order valence-corrected chi connectivity index (χ3v) is 1.64. The van der Waals surface area contributed by atoms with Crippen molar-refractivity contribution in [2.24, 2.45) is 0 Å². The van der Waals surface area contributed by atoms with E-state index in [9.17, 15) is 0 Å². The molecule has 1 aromatic carbocycles. The van der Waals surface area contributed by atoms with Gasteiger partial charge in [-0.05, 0) is 24.5 Å². The van der Waals surface area contributed by atoms with E-state index in [0.717, 1.165) is 6.42 Å². The van der Waals surface area contributed by atoms with E-state index >= 15 is 0 Å².